The van der Waals surface area contributed by atoms with E-state index in [0.717, 1.165) is 17.8 Å². The summed E-state index contributed by atoms with van der Waals surface area (Å²) in [4.78, 5) is 0. The number of hydrogen-bond acceptors (Lipinski definition) is 1. The molecule has 1 N–H and O–H groups in total. The predicted octanol–water partition coefficient (Wildman–Crippen LogP) is 4.72. The van der Waals surface area contributed by atoms with E-state index >= 15 is 0 Å². The molecule has 6 atom stereocenters. The van der Waals surface area contributed by atoms with Crippen LogP contribution in [0.3, 0.4) is 0 Å². The third kappa shape index (κ3) is 1.73. The van der Waals surface area contributed by atoms with Gasteiger partial charge in [-0.2, -0.15) is 0 Å². The first-order valence-corrected chi connectivity index (χ1v) is 8.91. The van der Waals surface area contributed by atoms with Crippen molar-refractivity contribution >= 4 is 0 Å². The summed E-state index contributed by atoms with van der Waals surface area (Å²) in [5, 5.41) is 10.0. The van der Waals surface area contributed by atoms with Crippen LogP contribution in [0, 0.1) is 34.0 Å². The summed E-state index contributed by atoms with van der Waals surface area (Å²) in [6, 6.07) is 0. The molecule has 4 aliphatic rings. The van der Waals surface area contributed by atoms with Crippen LogP contribution in [-0.4, -0.2) is 11.7 Å². The van der Waals surface area contributed by atoms with Gasteiger partial charge in [-0.15, -0.1) is 6.58 Å². The Hall–Kier alpha value is -0.560. The molecule has 0 bridgehead atoms. The number of aliphatic hydroxyl groups excluding tert-OH is 1. The molecule has 4 rings (SSSR count). The van der Waals surface area contributed by atoms with E-state index in [0.29, 0.717) is 17.4 Å². The van der Waals surface area contributed by atoms with Crippen molar-refractivity contribution in [3.05, 3.63) is 24.3 Å². The quantitative estimate of drug-likeness (QED) is 0.728. The van der Waals surface area contributed by atoms with Gasteiger partial charge in [0.1, 0.15) is 0 Å². The Kier molecular flexibility index (Phi) is 2.85. The zero-order valence-corrected chi connectivity index (χ0v) is 13.7. The van der Waals surface area contributed by atoms with Gasteiger partial charge in [0.15, 0.2) is 0 Å². The van der Waals surface area contributed by atoms with Crippen LogP contribution in [0.15, 0.2) is 24.3 Å². The third-order valence-corrected chi connectivity index (χ3v) is 7.93. The van der Waals surface area contributed by atoms with Gasteiger partial charge >= 0.3 is 0 Å². The average molecular weight is 286 g/mol. The van der Waals surface area contributed by atoms with Crippen LogP contribution < -0.4 is 0 Å². The molecular weight excluding hydrogens is 256 g/mol. The Balaban J connectivity index is 1.70. The second-order valence-corrected chi connectivity index (χ2v) is 9.06. The Morgan fingerprint density at radius 2 is 2.14 bits per heavy atom. The average Bonchev–Trinajstić information content (AvgIpc) is 3.21. The molecule has 0 unspecified atom stereocenters. The van der Waals surface area contributed by atoms with Crippen LogP contribution in [-0.2, 0) is 0 Å². The van der Waals surface area contributed by atoms with E-state index in [4.69, 9.17) is 0 Å². The Labute approximate surface area is 129 Å². The fourth-order valence-corrected chi connectivity index (χ4v) is 6.46. The number of allylic oxidation sites excluding steroid dienone is 3. The topological polar surface area (TPSA) is 20.2 Å². The fraction of sp³-hybridized carbons (Fsp3) is 0.800. The van der Waals surface area contributed by atoms with Gasteiger partial charge in [-0.1, -0.05) is 31.6 Å². The predicted molar refractivity (Wildman–Crippen MR) is 86.8 cm³/mol. The highest BCUT2D eigenvalue weighted by atomic mass is 16.3. The molecule has 3 saturated carbocycles. The highest BCUT2D eigenvalue weighted by Crippen LogP contribution is 2.76. The molecule has 0 aliphatic heterocycles. The third-order valence-electron chi connectivity index (χ3n) is 7.93. The molecule has 1 nitrogen and oxygen atoms in total. The summed E-state index contributed by atoms with van der Waals surface area (Å²) in [5.74, 6) is 2.51. The number of rotatable bonds is 2. The van der Waals surface area contributed by atoms with E-state index < -0.39 is 0 Å². The van der Waals surface area contributed by atoms with Crippen LogP contribution in [0.1, 0.15) is 58.8 Å². The molecule has 4 aliphatic carbocycles. The molecule has 3 fully saturated rings. The second-order valence-electron chi connectivity index (χ2n) is 9.06. The molecule has 0 aromatic heterocycles. The Bertz CT molecular complexity index is 506. The first-order chi connectivity index (χ1) is 9.97. The first kappa shape index (κ1) is 14.1. The van der Waals surface area contributed by atoms with Crippen molar-refractivity contribution in [2.45, 2.75) is 58.8 Å². The maximum Gasteiger partial charge on any atom is 0.0487 e. The van der Waals surface area contributed by atoms with E-state index in [2.05, 4.69) is 32.6 Å². The van der Waals surface area contributed by atoms with Gasteiger partial charge in [0.2, 0.25) is 0 Å². The van der Waals surface area contributed by atoms with Crippen molar-refractivity contribution in [2.75, 3.05) is 6.61 Å². The van der Waals surface area contributed by atoms with Crippen LogP contribution in [0.2, 0.25) is 0 Å². The SMILES string of the molecule is C=C[C@]1(C)CC[C@H]2C(=CC[C@@H]3[C@](C)(CO)CC[C@@H]4C[C@@]432)C1. The van der Waals surface area contributed by atoms with E-state index in [1.165, 1.54) is 44.9 Å². The lowest BCUT2D eigenvalue weighted by Crippen LogP contribution is -2.47. The lowest BCUT2D eigenvalue weighted by molar-refractivity contribution is -0.0348. The summed E-state index contributed by atoms with van der Waals surface area (Å²) in [7, 11) is 0. The molecule has 116 valence electrons. The number of fused-ring (bicyclic) bond motifs is 1. The van der Waals surface area contributed by atoms with Crippen molar-refractivity contribution in [2.24, 2.45) is 34.0 Å². The largest absolute Gasteiger partial charge is 0.396 e. The van der Waals surface area contributed by atoms with Gasteiger partial charge in [0, 0.05) is 6.61 Å². The van der Waals surface area contributed by atoms with Gasteiger partial charge in [-0.05, 0) is 78.9 Å². The normalized spacial score (nSPS) is 54.8. The van der Waals surface area contributed by atoms with Crippen molar-refractivity contribution in [1.29, 1.82) is 0 Å². The minimum absolute atomic E-state index is 0.175. The summed E-state index contributed by atoms with van der Waals surface area (Å²) >= 11 is 0. The monoisotopic (exact) mass is 286 g/mol. The van der Waals surface area contributed by atoms with E-state index in [-0.39, 0.29) is 5.41 Å². The van der Waals surface area contributed by atoms with Crippen molar-refractivity contribution < 1.29 is 5.11 Å². The molecule has 0 aromatic carbocycles. The second kappa shape index (κ2) is 4.25. The van der Waals surface area contributed by atoms with Crippen molar-refractivity contribution in [3.8, 4) is 0 Å². The van der Waals surface area contributed by atoms with E-state index in [9.17, 15) is 5.11 Å². The zero-order chi connectivity index (χ0) is 14.9. The van der Waals surface area contributed by atoms with Crippen molar-refractivity contribution in [1.82, 2.24) is 0 Å². The maximum atomic E-state index is 10.0. The molecular formula is C20H30O. The minimum Gasteiger partial charge on any atom is -0.396 e. The summed E-state index contributed by atoms with van der Waals surface area (Å²) in [6.07, 6.45) is 13.9. The summed E-state index contributed by atoms with van der Waals surface area (Å²) in [5.41, 5.74) is 2.81. The first-order valence-electron chi connectivity index (χ1n) is 8.91. The molecule has 21 heavy (non-hydrogen) atoms. The number of aliphatic hydroxyl groups is 1. The van der Waals surface area contributed by atoms with Crippen LogP contribution >= 0.6 is 0 Å². The smallest absolute Gasteiger partial charge is 0.0487 e. The highest BCUT2D eigenvalue weighted by Gasteiger charge is 2.69. The van der Waals surface area contributed by atoms with Gasteiger partial charge in [-0.3, -0.25) is 0 Å². The lowest BCUT2D eigenvalue weighted by atomic mass is 9.51. The Morgan fingerprint density at radius 1 is 1.33 bits per heavy atom. The van der Waals surface area contributed by atoms with Gasteiger partial charge in [0.25, 0.3) is 0 Å². The van der Waals surface area contributed by atoms with E-state index in [1.807, 2.05) is 0 Å². The van der Waals surface area contributed by atoms with Gasteiger partial charge in [0.05, 0.1) is 0 Å². The Morgan fingerprint density at radius 3 is 2.86 bits per heavy atom. The maximum absolute atomic E-state index is 10.0. The van der Waals surface area contributed by atoms with E-state index in [1.54, 1.807) is 5.57 Å². The molecule has 0 heterocycles. The number of hydrogen-bond donors (Lipinski definition) is 1. The standard InChI is InChI=1S/C20H30O/c1-4-18(2)9-8-16-14(11-18)5-6-17-19(3,13-21)10-7-15-12-20(15,16)17/h4-5,15-17,21H,1,6-13H2,2-3H3/t15-,16+,17-,18-,19+,20+/m1/s1. The summed E-state index contributed by atoms with van der Waals surface area (Å²) in [6.45, 7) is 9.19. The molecule has 0 aromatic rings. The molecule has 1 heteroatoms. The zero-order valence-electron chi connectivity index (χ0n) is 13.7. The van der Waals surface area contributed by atoms with Crippen LogP contribution in [0.4, 0.5) is 0 Å². The van der Waals surface area contributed by atoms with Crippen molar-refractivity contribution in [3.63, 3.8) is 0 Å². The van der Waals surface area contributed by atoms with Gasteiger partial charge < -0.3 is 5.11 Å². The lowest BCUT2D eigenvalue weighted by Gasteiger charge is -2.54. The van der Waals surface area contributed by atoms with Crippen LogP contribution in [0.25, 0.3) is 0 Å². The molecule has 0 radical (unpaired) electrons. The van der Waals surface area contributed by atoms with Crippen LogP contribution in [0.5, 0.6) is 0 Å². The minimum atomic E-state index is 0.175. The molecule has 0 amide bonds. The fourth-order valence-electron chi connectivity index (χ4n) is 6.46. The highest BCUT2D eigenvalue weighted by molar-refractivity contribution is 5.31. The molecule has 0 saturated heterocycles. The molecule has 1 spiro atoms. The summed E-state index contributed by atoms with van der Waals surface area (Å²) < 4.78 is 0. The van der Waals surface area contributed by atoms with Gasteiger partial charge in [-0.25, -0.2) is 0 Å².